The van der Waals surface area contributed by atoms with E-state index in [-0.39, 0.29) is 0 Å². The lowest BCUT2D eigenvalue weighted by atomic mass is 10.1. The van der Waals surface area contributed by atoms with Crippen molar-refractivity contribution in [3.63, 3.8) is 0 Å². The molecule has 1 aliphatic rings. The SMILES string of the molecule is Cn1nc(C2CCCC2)nc1-c1cccc(CN)c1. The zero-order valence-corrected chi connectivity index (χ0v) is 11.3. The summed E-state index contributed by atoms with van der Waals surface area (Å²) in [6.45, 7) is 0.557. The Morgan fingerprint density at radius 3 is 2.84 bits per heavy atom. The normalized spacial score (nSPS) is 16.1. The lowest BCUT2D eigenvalue weighted by Crippen LogP contribution is -1.98. The Morgan fingerprint density at radius 1 is 1.32 bits per heavy atom. The maximum atomic E-state index is 5.70. The van der Waals surface area contributed by atoms with Gasteiger partial charge in [0.05, 0.1) is 0 Å². The van der Waals surface area contributed by atoms with E-state index < -0.39 is 0 Å². The molecule has 3 rings (SSSR count). The predicted molar refractivity (Wildman–Crippen MR) is 75.5 cm³/mol. The fourth-order valence-electron chi connectivity index (χ4n) is 2.85. The molecule has 2 aromatic rings. The van der Waals surface area contributed by atoms with Gasteiger partial charge < -0.3 is 5.73 Å². The molecule has 1 aromatic carbocycles. The highest BCUT2D eigenvalue weighted by Crippen LogP contribution is 2.33. The Balaban J connectivity index is 1.95. The van der Waals surface area contributed by atoms with Crippen LogP contribution in [0.25, 0.3) is 11.4 Å². The third kappa shape index (κ3) is 2.40. The number of aromatic nitrogens is 3. The number of aryl methyl sites for hydroxylation is 1. The van der Waals surface area contributed by atoms with Gasteiger partial charge in [-0.15, -0.1) is 0 Å². The molecule has 2 N–H and O–H groups in total. The largest absolute Gasteiger partial charge is 0.326 e. The molecule has 0 radical (unpaired) electrons. The van der Waals surface area contributed by atoms with Crippen molar-refractivity contribution in [1.29, 1.82) is 0 Å². The maximum absolute atomic E-state index is 5.70. The van der Waals surface area contributed by atoms with Crippen molar-refractivity contribution in [2.45, 2.75) is 38.1 Å². The first-order valence-corrected chi connectivity index (χ1v) is 6.98. The molecule has 100 valence electrons. The van der Waals surface area contributed by atoms with Crippen LogP contribution in [-0.2, 0) is 13.6 Å². The monoisotopic (exact) mass is 256 g/mol. The Bertz CT molecular complexity index is 567. The molecule has 1 saturated carbocycles. The average Bonchev–Trinajstić information content (AvgIpc) is 3.07. The van der Waals surface area contributed by atoms with Crippen LogP contribution < -0.4 is 5.73 Å². The Labute approximate surface area is 113 Å². The number of rotatable bonds is 3. The van der Waals surface area contributed by atoms with E-state index in [1.165, 1.54) is 25.7 Å². The lowest BCUT2D eigenvalue weighted by molar-refractivity contribution is 0.648. The van der Waals surface area contributed by atoms with Gasteiger partial charge in [-0.2, -0.15) is 5.10 Å². The Hall–Kier alpha value is -1.68. The van der Waals surface area contributed by atoms with Crippen molar-refractivity contribution in [3.8, 4) is 11.4 Å². The van der Waals surface area contributed by atoms with Crippen molar-refractivity contribution < 1.29 is 0 Å². The first-order chi connectivity index (χ1) is 9.28. The summed E-state index contributed by atoms with van der Waals surface area (Å²) in [4.78, 5) is 4.75. The second kappa shape index (κ2) is 5.13. The van der Waals surface area contributed by atoms with Gasteiger partial charge in [0.2, 0.25) is 0 Å². The number of hydrogen-bond donors (Lipinski definition) is 1. The molecule has 0 saturated heterocycles. The minimum absolute atomic E-state index is 0.553. The van der Waals surface area contributed by atoms with Crippen LogP contribution in [-0.4, -0.2) is 14.8 Å². The summed E-state index contributed by atoms with van der Waals surface area (Å²) in [6.07, 6.45) is 5.07. The van der Waals surface area contributed by atoms with Crippen LogP contribution in [0.15, 0.2) is 24.3 Å². The van der Waals surface area contributed by atoms with Crippen LogP contribution in [0.3, 0.4) is 0 Å². The molecule has 0 aliphatic heterocycles. The number of nitrogens with zero attached hydrogens (tertiary/aromatic N) is 3. The molecular formula is C15H20N4. The molecule has 4 nitrogen and oxygen atoms in total. The molecule has 0 atom stereocenters. The first kappa shape index (κ1) is 12.4. The fraction of sp³-hybridized carbons (Fsp3) is 0.467. The number of hydrogen-bond acceptors (Lipinski definition) is 3. The summed E-state index contributed by atoms with van der Waals surface area (Å²) in [5.74, 6) is 2.50. The van der Waals surface area contributed by atoms with Gasteiger partial charge in [0.15, 0.2) is 11.6 Å². The third-order valence-corrected chi connectivity index (χ3v) is 3.92. The molecule has 19 heavy (non-hydrogen) atoms. The molecule has 0 spiro atoms. The zero-order valence-electron chi connectivity index (χ0n) is 11.3. The van der Waals surface area contributed by atoms with Crippen molar-refractivity contribution in [2.24, 2.45) is 12.8 Å². The molecule has 1 heterocycles. The summed E-state index contributed by atoms with van der Waals surface area (Å²) < 4.78 is 1.89. The molecule has 1 aliphatic carbocycles. The van der Waals surface area contributed by atoms with Crippen LogP contribution in [0.1, 0.15) is 43.0 Å². The van der Waals surface area contributed by atoms with Crippen LogP contribution in [0.5, 0.6) is 0 Å². The predicted octanol–water partition coefficient (Wildman–Crippen LogP) is 2.60. The maximum Gasteiger partial charge on any atom is 0.158 e. The summed E-state index contributed by atoms with van der Waals surface area (Å²) in [7, 11) is 1.97. The highest BCUT2D eigenvalue weighted by Gasteiger charge is 2.22. The van der Waals surface area contributed by atoms with Gasteiger partial charge in [0, 0.05) is 25.1 Å². The molecule has 0 unspecified atom stereocenters. The van der Waals surface area contributed by atoms with E-state index in [1.807, 2.05) is 23.9 Å². The Kier molecular flexibility index (Phi) is 3.34. The Morgan fingerprint density at radius 2 is 2.11 bits per heavy atom. The molecule has 4 heteroatoms. The summed E-state index contributed by atoms with van der Waals surface area (Å²) in [5, 5.41) is 4.60. The van der Waals surface area contributed by atoms with Crippen LogP contribution >= 0.6 is 0 Å². The minimum Gasteiger partial charge on any atom is -0.326 e. The highest BCUT2D eigenvalue weighted by atomic mass is 15.3. The van der Waals surface area contributed by atoms with Gasteiger partial charge >= 0.3 is 0 Å². The van der Waals surface area contributed by atoms with Crippen LogP contribution in [0.2, 0.25) is 0 Å². The van der Waals surface area contributed by atoms with E-state index in [9.17, 15) is 0 Å². The molecule has 0 bridgehead atoms. The summed E-state index contributed by atoms with van der Waals surface area (Å²) in [6, 6.07) is 8.24. The number of nitrogens with two attached hydrogens (primary N) is 1. The van der Waals surface area contributed by atoms with Gasteiger partial charge in [-0.25, -0.2) is 9.67 Å². The van der Waals surface area contributed by atoms with E-state index >= 15 is 0 Å². The second-order valence-electron chi connectivity index (χ2n) is 5.30. The smallest absolute Gasteiger partial charge is 0.158 e. The van der Waals surface area contributed by atoms with Gasteiger partial charge in [-0.05, 0) is 24.5 Å². The molecule has 0 amide bonds. The zero-order chi connectivity index (χ0) is 13.2. The third-order valence-electron chi connectivity index (χ3n) is 3.92. The average molecular weight is 256 g/mol. The molecule has 1 aromatic heterocycles. The van der Waals surface area contributed by atoms with Crippen LogP contribution in [0, 0.1) is 0 Å². The summed E-state index contributed by atoms with van der Waals surface area (Å²) in [5.41, 5.74) is 7.92. The van der Waals surface area contributed by atoms with E-state index in [2.05, 4.69) is 17.2 Å². The van der Waals surface area contributed by atoms with Crippen LogP contribution in [0.4, 0.5) is 0 Å². The van der Waals surface area contributed by atoms with Crippen molar-refractivity contribution in [2.75, 3.05) is 0 Å². The van der Waals surface area contributed by atoms with E-state index in [4.69, 9.17) is 10.7 Å². The van der Waals surface area contributed by atoms with E-state index in [0.717, 1.165) is 22.8 Å². The van der Waals surface area contributed by atoms with Crippen molar-refractivity contribution >= 4 is 0 Å². The molecular weight excluding hydrogens is 236 g/mol. The number of benzene rings is 1. The molecule has 1 fully saturated rings. The highest BCUT2D eigenvalue weighted by molar-refractivity contribution is 5.56. The first-order valence-electron chi connectivity index (χ1n) is 6.98. The van der Waals surface area contributed by atoms with Gasteiger partial charge in [-0.1, -0.05) is 31.0 Å². The summed E-state index contributed by atoms with van der Waals surface area (Å²) >= 11 is 0. The topological polar surface area (TPSA) is 56.7 Å². The van der Waals surface area contributed by atoms with Gasteiger partial charge in [-0.3, -0.25) is 0 Å². The standard InChI is InChI=1S/C15H20N4/c1-19-15(13-8-4-5-11(9-13)10-16)17-14(18-19)12-6-2-3-7-12/h4-5,8-9,12H,2-3,6-7,10,16H2,1H3. The van der Waals surface area contributed by atoms with Gasteiger partial charge in [0.1, 0.15) is 0 Å². The van der Waals surface area contributed by atoms with E-state index in [1.54, 1.807) is 0 Å². The van der Waals surface area contributed by atoms with E-state index in [0.29, 0.717) is 12.5 Å². The van der Waals surface area contributed by atoms with Crippen molar-refractivity contribution in [1.82, 2.24) is 14.8 Å². The minimum atomic E-state index is 0.553. The second-order valence-corrected chi connectivity index (χ2v) is 5.30. The van der Waals surface area contributed by atoms with Gasteiger partial charge in [0.25, 0.3) is 0 Å². The fourth-order valence-corrected chi connectivity index (χ4v) is 2.85. The van der Waals surface area contributed by atoms with Crippen molar-refractivity contribution in [3.05, 3.63) is 35.7 Å². The lowest BCUT2D eigenvalue weighted by Gasteiger charge is -2.02. The quantitative estimate of drug-likeness (QED) is 0.918.